The van der Waals surface area contributed by atoms with Gasteiger partial charge >= 0.3 is 0 Å². The van der Waals surface area contributed by atoms with Gasteiger partial charge in [0.05, 0.1) is 26.3 Å². The third kappa shape index (κ3) is 3.03. The van der Waals surface area contributed by atoms with Crippen LogP contribution in [0.3, 0.4) is 0 Å². The van der Waals surface area contributed by atoms with Gasteiger partial charge in [-0.05, 0) is 42.3 Å². The van der Waals surface area contributed by atoms with Crippen LogP contribution in [0.15, 0.2) is 53.3 Å². The third-order valence-electron chi connectivity index (χ3n) is 4.68. The second-order valence-electron chi connectivity index (χ2n) is 6.14. The zero-order valence-corrected chi connectivity index (χ0v) is 16.1. The SMILES string of the molecule is COc1ccc(OC)c(C2CC(c3cccc(Br)c3)Nc3ncnn32)c1. The van der Waals surface area contributed by atoms with Crippen LogP contribution in [0.4, 0.5) is 5.95 Å². The van der Waals surface area contributed by atoms with Crippen LogP contribution in [-0.2, 0) is 0 Å². The van der Waals surface area contributed by atoms with E-state index in [9.17, 15) is 0 Å². The number of fused-ring (bicyclic) bond motifs is 1. The maximum absolute atomic E-state index is 5.60. The molecule has 1 aliphatic heterocycles. The standard InChI is InChI=1S/C19H19BrN4O2/c1-25-14-6-7-18(26-2)15(9-14)17-10-16(12-4-3-5-13(20)8-12)23-19-21-11-22-24(17)19/h3-9,11,16-17H,10H2,1-2H3,(H,21,22,23). The third-order valence-corrected chi connectivity index (χ3v) is 5.17. The quantitative estimate of drug-likeness (QED) is 0.692. The molecule has 7 heteroatoms. The number of aromatic nitrogens is 3. The van der Waals surface area contributed by atoms with E-state index in [0.717, 1.165) is 33.9 Å². The fourth-order valence-electron chi connectivity index (χ4n) is 3.42. The van der Waals surface area contributed by atoms with Gasteiger partial charge in [-0.2, -0.15) is 10.1 Å². The molecule has 0 bridgehead atoms. The molecule has 2 heterocycles. The van der Waals surface area contributed by atoms with E-state index in [1.807, 2.05) is 35.0 Å². The molecule has 0 saturated heterocycles. The Hall–Kier alpha value is -2.54. The van der Waals surface area contributed by atoms with Crippen molar-refractivity contribution in [3.8, 4) is 11.5 Å². The Labute approximate surface area is 160 Å². The Morgan fingerprint density at radius 1 is 1.15 bits per heavy atom. The predicted octanol–water partition coefficient (Wildman–Crippen LogP) is 4.20. The highest BCUT2D eigenvalue weighted by molar-refractivity contribution is 9.10. The molecular formula is C19H19BrN4O2. The molecule has 2 unspecified atom stereocenters. The van der Waals surface area contributed by atoms with Crippen molar-refractivity contribution in [2.75, 3.05) is 19.5 Å². The number of methoxy groups -OCH3 is 2. The molecule has 3 aromatic rings. The summed E-state index contributed by atoms with van der Waals surface area (Å²) in [6.45, 7) is 0. The molecule has 0 aliphatic carbocycles. The van der Waals surface area contributed by atoms with Crippen molar-refractivity contribution in [3.05, 3.63) is 64.4 Å². The lowest BCUT2D eigenvalue weighted by molar-refractivity contribution is 0.373. The van der Waals surface area contributed by atoms with Crippen molar-refractivity contribution < 1.29 is 9.47 Å². The Balaban J connectivity index is 1.79. The highest BCUT2D eigenvalue weighted by Gasteiger charge is 2.32. The number of rotatable bonds is 4. The summed E-state index contributed by atoms with van der Waals surface area (Å²) in [6, 6.07) is 14.3. The molecular weight excluding hydrogens is 396 g/mol. The molecule has 1 aliphatic rings. The van der Waals surface area contributed by atoms with E-state index >= 15 is 0 Å². The highest BCUT2D eigenvalue weighted by Crippen LogP contribution is 2.41. The van der Waals surface area contributed by atoms with Crippen molar-refractivity contribution in [2.45, 2.75) is 18.5 Å². The van der Waals surface area contributed by atoms with Crippen LogP contribution >= 0.6 is 15.9 Å². The van der Waals surface area contributed by atoms with Gasteiger partial charge in [-0.15, -0.1) is 0 Å². The lowest BCUT2D eigenvalue weighted by Gasteiger charge is -2.32. The van der Waals surface area contributed by atoms with Crippen LogP contribution < -0.4 is 14.8 Å². The number of anilines is 1. The lowest BCUT2D eigenvalue weighted by atomic mass is 9.92. The number of benzene rings is 2. The van der Waals surface area contributed by atoms with E-state index in [2.05, 4.69) is 43.5 Å². The van der Waals surface area contributed by atoms with Crippen molar-refractivity contribution >= 4 is 21.9 Å². The highest BCUT2D eigenvalue weighted by atomic mass is 79.9. The molecule has 4 rings (SSSR count). The van der Waals surface area contributed by atoms with Crippen LogP contribution in [0.5, 0.6) is 11.5 Å². The van der Waals surface area contributed by atoms with E-state index in [1.54, 1.807) is 20.5 Å². The Kier molecular flexibility index (Phi) is 4.55. The summed E-state index contributed by atoms with van der Waals surface area (Å²) >= 11 is 3.56. The second kappa shape index (κ2) is 6.99. The van der Waals surface area contributed by atoms with Gasteiger partial charge in [-0.25, -0.2) is 4.68 Å². The minimum atomic E-state index is -0.0113. The lowest BCUT2D eigenvalue weighted by Crippen LogP contribution is -2.28. The van der Waals surface area contributed by atoms with Crippen LogP contribution in [0, 0.1) is 0 Å². The molecule has 6 nitrogen and oxygen atoms in total. The Morgan fingerprint density at radius 2 is 2.04 bits per heavy atom. The van der Waals surface area contributed by atoms with Gasteiger partial charge in [0.1, 0.15) is 17.8 Å². The molecule has 0 fully saturated rings. The Morgan fingerprint density at radius 3 is 2.81 bits per heavy atom. The normalized spacial score (nSPS) is 18.7. The molecule has 1 aromatic heterocycles. The summed E-state index contributed by atoms with van der Waals surface area (Å²) in [5.74, 6) is 2.35. The first-order chi connectivity index (χ1) is 12.7. The van der Waals surface area contributed by atoms with Crippen molar-refractivity contribution in [3.63, 3.8) is 0 Å². The number of ether oxygens (including phenoxy) is 2. The average Bonchev–Trinajstić information content (AvgIpc) is 3.15. The zero-order chi connectivity index (χ0) is 18.1. The van der Waals surface area contributed by atoms with Crippen LogP contribution in [-0.4, -0.2) is 29.0 Å². The second-order valence-corrected chi connectivity index (χ2v) is 7.06. The van der Waals surface area contributed by atoms with E-state index in [-0.39, 0.29) is 12.1 Å². The molecule has 0 saturated carbocycles. The molecule has 26 heavy (non-hydrogen) atoms. The molecule has 2 aromatic carbocycles. The number of halogens is 1. The summed E-state index contributed by atoms with van der Waals surface area (Å²) < 4.78 is 14.0. The van der Waals surface area contributed by atoms with Gasteiger partial charge in [0.25, 0.3) is 0 Å². The van der Waals surface area contributed by atoms with E-state index in [1.165, 1.54) is 5.56 Å². The fraction of sp³-hybridized carbons (Fsp3) is 0.263. The molecule has 0 spiro atoms. The first-order valence-corrected chi connectivity index (χ1v) is 9.12. The molecule has 134 valence electrons. The van der Waals surface area contributed by atoms with Gasteiger partial charge in [-0.3, -0.25) is 0 Å². The minimum absolute atomic E-state index is 0.0113. The minimum Gasteiger partial charge on any atom is -0.497 e. The average molecular weight is 415 g/mol. The van der Waals surface area contributed by atoms with E-state index in [4.69, 9.17) is 9.47 Å². The molecule has 2 atom stereocenters. The monoisotopic (exact) mass is 414 g/mol. The largest absolute Gasteiger partial charge is 0.497 e. The van der Waals surface area contributed by atoms with Crippen molar-refractivity contribution in [1.82, 2.24) is 14.8 Å². The molecule has 1 N–H and O–H groups in total. The van der Waals surface area contributed by atoms with Gasteiger partial charge in [0.2, 0.25) is 5.95 Å². The first kappa shape index (κ1) is 16.9. The molecule has 0 radical (unpaired) electrons. The number of nitrogens with zero attached hydrogens (tertiary/aromatic N) is 3. The van der Waals surface area contributed by atoms with E-state index < -0.39 is 0 Å². The number of hydrogen-bond donors (Lipinski definition) is 1. The maximum Gasteiger partial charge on any atom is 0.222 e. The molecule has 0 amide bonds. The number of nitrogens with one attached hydrogen (secondary N) is 1. The summed E-state index contributed by atoms with van der Waals surface area (Å²) in [4.78, 5) is 4.39. The summed E-state index contributed by atoms with van der Waals surface area (Å²) in [5.41, 5.74) is 2.22. The van der Waals surface area contributed by atoms with Gasteiger partial charge in [0.15, 0.2) is 0 Å². The Bertz CT molecular complexity index is 927. The summed E-state index contributed by atoms with van der Waals surface area (Å²) in [5, 5.41) is 7.91. The van der Waals surface area contributed by atoms with Crippen LogP contribution in [0.1, 0.15) is 29.6 Å². The van der Waals surface area contributed by atoms with Crippen molar-refractivity contribution in [1.29, 1.82) is 0 Å². The van der Waals surface area contributed by atoms with Gasteiger partial charge in [-0.1, -0.05) is 28.1 Å². The zero-order valence-electron chi connectivity index (χ0n) is 14.5. The van der Waals surface area contributed by atoms with Crippen molar-refractivity contribution in [2.24, 2.45) is 0 Å². The smallest absolute Gasteiger partial charge is 0.222 e. The van der Waals surface area contributed by atoms with E-state index in [0.29, 0.717) is 0 Å². The van der Waals surface area contributed by atoms with Gasteiger partial charge < -0.3 is 14.8 Å². The maximum atomic E-state index is 5.60. The number of hydrogen-bond acceptors (Lipinski definition) is 5. The predicted molar refractivity (Wildman–Crippen MR) is 103 cm³/mol. The topological polar surface area (TPSA) is 61.2 Å². The fourth-order valence-corrected chi connectivity index (χ4v) is 3.84. The first-order valence-electron chi connectivity index (χ1n) is 8.33. The summed E-state index contributed by atoms with van der Waals surface area (Å²) in [6.07, 6.45) is 2.39. The summed E-state index contributed by atoms with van der Waals surface area (Å²) in [7, 11) is 3.35. The van der Waals surface area contributed by atoms with Gasteiger partial charge in [0, 0.05) is 10.0 Å². The van der Waals surface area contributed by atoms with Crippen LogP contribution in [0.25, 0.3) is 0 Å². The van der Waals surface area contributed by atoms with Crippen LogP contribution in [0.2, 0.25) is 0 Å².